The van der Waals surface area contributed by atoms with E-state index in [1.54, 1.807) is 24.3 Å². The summed E-state index contributed by atoms with van der Waals surface area (Å²) in [6, 6.07) is 8.58. The van der Waals surface area contributed by atoms with Gasteiger partial charge in [0.05, 0.1) is 0 Å². The Kier molecular flexibility index (Phi) is 4.89. The molecule has 1 unspecified atom stereocenters. The number of hydrogen-bond acceptors (Lipinski definition) is 1. The molecule has 1 aromatic rings. The molecule has 0 heterocycles. The Hall–Kier alpha value is 0.0983. The summed E-state index contributed by atoms with van der Waals surface area (Å²) >= 11 is 0. The molecular weight excluding hydrogens is 231 g/mol. The zero-order valence-electron chi connectivity index (χ0n) is 5.15. The van der Waals surface area contributed by atoms with Crippen LogP contribution in [0.1, 0.15) is 0 Å². The third-order valence-corrected chi connectivity index (χ3v) is 1.85. The summed E-state index contributed by atoms with van der Waals surface area (Å²) in [5, 5.41) is 0.516. The molecule has 1 rings (SSSR count). The van der Waals surface area contributed by atoms with Crippen LogP contribution in [0.3, 0.4) is 0 Å². The number of hydrogen-bond donors (Lipinski definition) is 1. The number of benzene rings is 1. The average molecular weight is 238 g/mol. The third-order valence-electron chi connectivity index (χ3n) is 1.02. The van der Waals surface area contributed by atoms with Crippen molar-refractivity contribution in [1.82, 2.24) is 0 Å². The van der Waals surface area contributed by atoms with Crippen molar-refractivity contribution < 1.29 is 30.5 Å². The van der Waals surface area contributed by atoms with Gasteiger partial charge in [-0.15, -0.1) is 0 Å². The molecule has 0 aliphatic rings. The second-order valence-corrected chi connectivity index (χ2v) is 2.86. The summed E-state index contributed by atoms with van der Waals surface area (Å²) in [7, 11) is -2.46. The van der Waals surface area contributed by atoms with Crippen molar-refractivity contribution in [2.45, 2.75) is 0 Å². The van der Waals surface area contributed by atoms with Crippen molar-refractivity contribution in [1.29, 1.82) is 0 Å². The average Bonchev–Trinajstić information content (AvgIpc) is 1.90. The van der Waals surface area contributed by atoms with E-state index >= 15 is 0 Å². The minimum atomic E-state index is -2.46. The largest absolute Gasteiger partial charge is 0.343 e. The predicted octanol–water partition coefficient (Wildman–Crippen LogP) is 0.776. The molecule has 1 atom stereocenters. The summed E-state index contributed by atoms with van der Waals surface area (Å²) in [6.45, 7) is 0. The SMILES string of the molecule is O=[PH](O)c1ccccc1.[Mo]. The Labute approximate surface area is 74.4 Å². The van der Waals surface area contributed by atoms with E-state index in [1.165, 1.54) is 0 Å². The maximum Gasteiger partial charge on any atom is 0.218 e. The molecule has 0 aromatic heterocycles. The molecule has 0 spiro atoms. The van der Waals surface area contributed by atoms with Crippen LogP contribution in [0.15, 0.2) is 30.3 Å². The summed E-state index contributed by atoms with van der Waals surface area (Å²) in [4.78, 5) is 8.57. The van der Waals surface area contributed by atoms with Crippen LogP contribution in [0.4, 0.5) is 0 Å². The molecule has 0 saturated carbocycles. The van der Waals surface area contributed by atoms with Crippen LogP contribution in [0, 0.1) is 0 Å². The molecule has 0 amide bonds. The van der Waals surface area contributed by atoms with Gasteiger partial charge in [-0.1, -0.05) is 18.2 Å². The quantitative estimate of drug-likeness (QED) is 0.579. The molecule has 54 valence electrons. The van der Waals surface area contributed by atoms with Crippen LogP contribution in [0.5, 0.6) is 0 Å². The van der Waals surface area contributed by atoms with Gasteiger partial charge in [-0.3, -0.25) is 4.57 Å². The molecule has 0 aliphatic carbocycles. The van der Waals surface area contributed by atoms with Gasteiger partial charge >= 0.3 is 0 Å². The van der Waals surface area contributed by atoms with Gasteiger partial charge < -0.3 is 4.89 Å². The van der Waals surface area contributed by atoms with E-state index < -0.39 is 8.03 Å². The third kappa shape index (κ3) is 2.79. The molecule has 4 heteroatoms. The first-order chi connectivity index (χ1) is 4.30. The maximum atomic E-state index is 10.4. The fraction of sp³-hybridized carbons (Fsp3) is 0. The van der Waals surface area contributed by atoms with Crippen molar-refractivity contribution >= 4 is 13.3 Å². The monoisotopic (exact) mass is 240 g/mol. The Morgan fingerprint density at radius 2 is 1.70 bits per heavy atom. The molecule has 0 fully saturated rings. The van der Waals surface area contributed by atoms with E-state index in [0.29, 0.717) is 5.30 Å². The Morgan fingerprint density at radius 3 is 2.00 bits per heavy atom. The molecule has 2 nitrogen and oxygen atoms in total. The Morgan fingerprint density at radius 1 is 1.20 bits per heavy atom. The molecule has 10 heavy (non-hydrogen) atoms. The van der Waals surface area contributed by atoms with Crippen molar-refractivity contribution in [2.75, 3.05) is 0 Å². The minimum absolute atomic E-state index is 0. The maximum absolute atomic E-state index is 10.4. The minimum Gasteiger partial charge on any atom is -0.343 e. The Balaban J connectivity index is 0.000000810. The number of rotatable bonds is 1. The van der Waals surface area contributed by atoms with Gasteiger partial charge in [-0.25, -0.2) is 0 Å². The fourth-order valence-corrected chi connectivity index (χ4v) is 1.06. The van der Waals surface area contributed by atoms with E-state index in [-0.39, 0.29) is 21.1 Å². The van der Waals surface area contributed by atoms with Crippen molar-refractivity contribution in [3.8, 4) is 0 Å². The van der Waals surface area contributed by atoms with E-state index in [0.717, 1.165) is 0 Å². The zero-order chi connectivity index (χ0) is 6.69. The first-order valence-electron chi connectivity index (χ1n) is 2.59. The van der Waals surface area contributed by atoms with Crippen molar-refractivity contribution in [3.05, 3.63) is 30.3 Å². The molecule has 0 bridgehead atoms. The van der Waals surface area contributed by atoms with Gasteiger partial charge in [0.25, 0.3) is 0 Å². The summed E-state index contributed by atoms with van der Waals surface area (Å²) < 4.78 is 10.4. The molecule has 0 radical (unpaired) electrons. The second kappa shape index (κ2) is 4.84. The summed E-state index contributed by atoms with van der Waals surface area (Å²) in [5.41, 5.74) is 0. The van der Waals surface area contributed by atoms with Crippen LogP contribution in [0.2, 0.25) is 0 Å². The second-order valence-electron chi connectivity index (χ2n) is 1.67. The topological polar surface area (TPSA) is 37.3 Å². The normalized spacial score (nSPS) is 11.7. The van der Waals surface area contributed by atoms with Crippen LogP contribution in [-0.2, 0) is 25.6 Å². The van der Waals surface area contributed by atoms with Crippen LogP contribution < -0.4 is 5.30 Å². The smallest absolute Gasteiger partial charge is 0.218 e. The van der Waals surface area contributed by atoms with Crippen LogP contribution in [0.25, 0.3) is 0 Å². The van der Waals surface area contributed by atoms with E-state index in [1.807, 2.05) is 6.07 Å². The van der Waals surface area contributed by atoms with Gasteiger partial charge in [0.15, 0.2) is 0 Å². The zero-order valence-corrected chi connectivity index (χ0v) is 8.16. The Bertz CT molecular complexity index is 212. The van der Waals surface area contributed by atoms with Crippen molar-refractivity contribution in [3.63, 3.8) is 0 Å². The molecule has 1 N–H and O–H groups in total. The fourth-order valence-electron chi connectivity index (χ4n) is 0.581. The van der Waals surface area contributed by atoms with E-state index in [2.05, 4.69) is 0 Å². The van der Waals surface area contributed by atoms with Crippen LogP contribution in [-0.4, -0.2) is 4.89 Å². The standard InChI is InChI=1S/C6H7O2P.Mo/c7-9(8)6-4-2-1-3-5-6;/h1-5,9H,(H,7,8);. The van der Waals surface area contributed by atoms with Gasteiger partial charge in [0, 0.05) is 26.4 Å². The summed E-state index contributed by atoms with van der Waals surface area (Å²) in [5.74, 6) is 0. The molecule has 1 aromatic carbocycles. The van der Waals surface area contributed by atoms with Crippen LogP contribution >= 0.6 is 8.03 Å². The summed E-state index contributed by atoms with van der Waals surface area (Å²) in [6.07, 6.45) is 0. The predicted molar refractivity (Wildman–Crippen MR) is 37.3 cm³/mol. The molecule has 0 aliphatic heterocycles. The first-order valence-corrected chi connectivity index (χ1v) is 3.94. The van der Waals surface area contributed by atoms with Gasteiger partial charge in [0.1, 0.15) is 0 Å². The van der Waals surface area contributed by atoms with Gasteiger partial charge in [0.2, 0.25) is 8.03 Å². The van der Waals surface area contributed by atoms with E-state index in [9.17, 15) is 4.57 Å². The van der Waals surface area contributed by atoms with Gasteiger partial charge in [-0.05, 0) is 12.1 Å². The molecular formula is C6H7MoO2P. The molecule has 0 saturated heterocycles. The van der Waals surface area contributed by atoms with E-state index in [4.69, 9.17) is 4.89 Å². The van der Waals surface area contributed by atoms with Crippen molar-refractivity contribution in [2.24, 2.45) is 0 Å². The first kappa shape index (κ1) is 10.1. The van der Waals surface area contributed by atoms with Gasteiger partial charge in [-0.2, -0.15) is 0 Å².